The highest BCUT2D eigenvalue weighted by atomic mass is 16.5. The first-order chi connectivity index (χ1) is 15.6. The molecule has 1 aliphatic rings. The number of amides is 1. The van der Waals surface area contributed by atoms with E-state index in [-0.39, 0.29) is 12.3 Å². The van der Waals surface area contributed by atoms with Gasteiger partial charge in [-0.05, 0) is 49.4 Å². The van der Waals surface area contributed by atoms with Gasteiger partial charge in [0.25, 0.3) is 0 Å². The summed E-state index contributed by atoms with van der Waals surface area (Å²) >= 11 is 0. The van der Waals surface area contributed by atoms with Crippen molar-refractivity contribution in [2.75, 3.05) is 41.8 Å². The number of aliphatic hydroxyl groups is 1. The average Bonchev–Trinajstić information content (AvgIpc) is 2.80. The van der Waals surface area contributed by atoms with Gasteiger partial charge in [0.05, 0.1) is 31.4 Å². The third-order valence-electron chi connectivity index (χ3n) is 5.10. The summed E-state index contributed by atoms with van der Waals surface area (Å²) in [5.41, 5.74) is 4.44. The van der Waals surface area contributed by atoms with Crippen LogP contribution in [0.3, 0.4) is 0 Å². The first-order valence-corrected chi connectivity index (χ1v) is 10.7. The molecule has 3 aromatic rings. The van der Waals surface area contributed by atoms with Gasteiger partial charge in [0.2, 0.25) is 11.9 Å². The smallest absolute Gasteiger partial charge is 0.227 e. The molecule has 4 rings (SSSR count). The van der Waals surface area contributed by atoms with Crippen LogP contribution in [0.5, 0.6) is 0 Å². The number of rotatable bonds is 7. The van der Waals surface area contributed by atoms with E-state index in [1.165, 1.54) is 5.69 Å². The fraction of sp³-hybridized carbons (Fsp3) is 0.292. The first-order valence-electron chi connectivity index (χ1n) is 10.7. The number of morpholine rings is 1. The Morgan fingerprint density at radius 3 is 2.44 bits per heavy atom. The van der Waals surface area contributed by atoms with Crippen LogP contribution in [0.2, 0.25) is 0 Å². The molecule has 0 spiro atoms. The van der Waals surface area contributed by atoms with Gasteiger partial charge >= 0.3 is 0 Å². The largest absolute Gasteiger partial charge is 0.393 e. The molecule has 0 aliphatic carbocycles. The fourth-order valence-electron chi connectivity index (χ4n) is 3.49. The summed E-state index contributed by atoms with van der Waals surface area (Å²) in [6, 6.07) is 17.5. The number of benzene rings is 2. The van der Waals surface area contributed by atoms with Gasteiger partial charge in [-0.2, -0.15) is 0 Å². The molecule has 166 valence electrons. The maximum Gasteiger partial charge on any atom is 0.227 e. The second kappa shape index (κ2) is 10.2. The SMILES string of the molecule is C[C@H](O)CC(=O)Nc1ccc(-c2ccnc(Nc3ccc(N4CCOCC4)cc3)n2)cc1. The number of nitrogens with zero attached hydrogens (tertiary/aromatic N) is 3. The summed E-state index contributed by atoms with van der Waals surface area (Å²) in [6.07, 6.45) is 1.11. The number of anilines is 4. The van der Waals surface area contributed by atoms with E-state index in [0.717, 1.165) is 43.2 Å². The highest BCUT2D eigenvalue weighted by Gasteiger charge is 2.11. The van der Waals surface area contributed by atoms with Gasteiger partial charge < -0.3 is 25.4 Å². The van der Waals surface area contributed by atoms with E-state index in [0.29, 0.717) is 11.6 Å². The molecule has 2 heterocycles. The highest BCUT2D eigenvalue weighted by molar-refractivity contribution is 5.91. The lowest BCUT2D eigenvalue weighted by Crippen LogP contribution is -2.36. The Labute approximate surface area is 187 Å². The normalized spacial score (nSPS) is 14.6. The minimum absolute atomic E-state index is 0.0656. The summed E-state index contributed by atoms with van der Waals surface area (Å²) in [6.45, 7) is 4.91. The van der Waals surface area contributed by atoms with Crippen molar-refractivity contribution >= 4 is 28.9 Å². The molecular weight excluding hydrogens is 406 g/mol. The van der Waals surface area contributed by atoms with Gasteiger partial charge in [-0.15, -0.1) is 0 Å². The fourth-order valence-corrected chi connectivity index (χ4v) is 3.49. The molecule has 0 unspecified atom stereocenters. The van der Waals surface area contributed by atoms with Crippen molar-refractivity contribution in [2.24, 2.45) is 0 Å². The monoisotopic (exact) mass is 433 g/mol. The van der Waals surface area contributed by atoms with Crippen LogP contribution in [-0.4, -0.2) is 53.4 Å². The van der Waals surface area contributed by atoms with Crippen molar-refractivity contribution in [3.05, 3.63) is 60.8 Å². The number of aliphatic hydroxyl groups excluding tert-OH is 1. The predicted octanol–water partition coefficient (Wildman–Crippen LogP) is 3.43. The molecule has 1 fully saturated rings. The van der Waals surface area contributed by atoms with E-state index in [4.69, 9.17) is 4.74 Å². The second-order valence-corrected chi connectivity index (χ2v) is 7.72. The summed E-state index contributed by atoms with van der Waals surface area (Å²) in [7, 11) is 0. The van der Waals surface area contributed by atoms with E-state index < -0.39 is 6.10 Å². The topological polar surface area (TPSA) is 99.6 Å². The van der Waals surface area contributed by atoms with Gasteiger partial charge in [-0.3, -0.25) is 4.79 Å². The number of nitrogens with one attached hydrogen (secondary N) is 2. The number of ether oxygens (including phenoxy) is 1. The van der Waals surface area contributed by atoms with E-state index in [1.54, 1.807) is 13.1 Å². The lowest BCUT2D eigenvalue weighted by atomic mass is 10.1. The lowest BCUT2D eigenvalue weighted by Gasteiger charge is -2.28. The number of hydrogen-bond acceptors (Lipinski definition) is 7. The quantitative estimate of drug-likeness (QED) is 0.525. The third-order valence-corrected chi connectivity index (χ3v) is 5.10. The Kier molecular flexibility index (Phi) is 6.94. The molecule has 32 heavy (non-hydrogen) atoms. The highest BCUT2D eigenvalue weighted by Crippen LogP contribution is 2.23. The number of aromatic nitrogens is 2. The zero-order valence-corrected chi connectivity index (χ0v) is 18.0. The van der Waals surface area contributed by atoms with Crippen LogP contribution in [0.4, 0.5) is 23.0 Å². The van der Waals surface area contributed by atoms with Crippen LogP contribution >= 0.6 is 0 Å². The zero-order valence-electron chi connectivity index (χ0n) is 18.0. The third kappa shape index (κ3) is 5.81. The summed E-state index contributed by atoms with van der Waals surface area (Å²) in [5.74, 6) is 0.289. The van der Waals surface area contributed by atoms with E-state index >= 15 is 0 Å². The molecule has 0 radical (unpaired) electrons. The molecular formula is C24H27N5O3. The summed E-state index contributed by atoms with van der Waals surface area (Å²) in [4.78, 5) is 23.0. The molecule has 1 atom stereocenters. The Morgan fingerprint density at radius 1 is 1.06 bits per heavy atom. The van der Waals surface area contributed by atoms with E-state index in [1.807, 2.05) is 42.5 Å². The van der Waals surface area contributed by atoms with Gasteiger partial charge in [0.1, 0.15) is 0 Å². The number of carbonyl (C=O) groups is 1. The summed E-state index contributed by atoms with van der Waals surface area (Å²) in [5, 5.41) is 15.3. The van der Waals surface area contributed by atoms with Gasteiger partial charge in [-0.1, -0.05) is 12.1 Å². The number of carbonyl (C=O) groups excluding carboxylic acids is 1. The average molecular weight is 434 g/mol. The van der Waals surface area contributed by atoms with Crippen molar-refractivity contribution < 1.29 is 14.6 Å². The van der Waals surface area contributed by atoms with Crippen LogP contribution in [0, 0.1) is 0 Å². The molecule has 2 aromatic carbocycles. The van der Waals surface area contributed by atoms with Gasteiger partial charge in [0, 0.05) is 41.9 Å². The maximum atomic E-state index is 11.8. The molecule has 1 amide bonds. The van der Waals surface area contributed by atoms with Crippen molar-refractivity contribution in [3.8, 4) is 11.3 Å². The second-order valence-electron chi connectivity index (χ2n) is 7.72. The summed E-state index contributed by atoms with van der Waals surface area (Å²) < 4.78 is 5.41. The van der Waals surface area contributed by atoms with Crippen LogP contribution in [0.15, 0.2) is 60.8 Å². The van der Waals surface area contributed by atoms with Crippen LogP contribution in [0.1, 0.15) is 13.3 Å². The Hall–Kier alpha value is -3.49. The van der Waals surface area contributed by atoms with Crippen molar-refractivity contribution in [1.82, 2.24) is 9.97 Å². The maximum absolute atomic E-state index is 11.8. The Balaban J connectivity index is 1.40. The van der Waals surface area contributed by atoms with Gasteiger partial charge in [0.15, 0.2) is 0 Å². The minimum atomic E-state index is -0.670. The molecule has 1 aromatic heterocycles. The standard InChI is InChI=1S/C24H27N5O3/c1-17(30)16-23(31)26-19-4-2-18(3-5-19)22-10-11-25-24(28-22)27-20-6-8-21(9-7-20)29-12-14-32-15-13-29/h2-11,17,30H,12-16H2,1H3,(H,26,31)(H,25,27,28)/t17-/m0/s1. The number of hydrogen-bond donors (Lipinski definition) is 3. The lowest BCUT2D eigenvalue weighted by molar-refractivity contribution is -0.117. The molecule has 8 nitrogen and oxygen atoms in total. The molecule has 0 bridgehead atoms. The van der Waals surface area contributed by atoms with Crippen LogP contribution < -0.4 is 15.5 Å². The molecule has 1 saturated heterocycles. The Morgan fingerprint density at radius 2 is 1.75 bits per heavy atom. The Bertz CT molecular complexity index is 1030. The van der Waals surface area contributed by atoms with Crippen LogP contribution in [-0.2, 0) is 9.53 Å². The van der Waals surface area contributed by atoms with Gasteiger partial charge in [-0.25, -0.2) is 9.97 Å². The first kappa shape index (κ1) is 21.7. The van der Waals surface area contributed by atoms with E-state index in [9.17, 15) is 9.90 Å². The van der Waals surface area contributed by atoms with Crippen molar-refractivity contribution in [1.29, 1.82) is 0 Å². The molecule has 8 heteroatoms. The minimum Gasteiger partial charge on any atom is -0.393 e. The van der Waals surface area contributed by atoms with Crippen LogP contribution in [0.25, 0.3) is 11.3 Å². The molecule has 3 N–H and O–H groups in total. The molecule has 1 aliphatic heterocycles. The van der Waals surface area contributed by atoms with E-state index in [2.05, 4.69) is 37.6 Å². The zero-order chi connectivity index (χ0) is 22.3. The van der Waals surface area contributed by atoms with Crippen molar-refractivity contribution in [2.45, 2.75) is 19.4 Å². The van der Waals surface area contributed by atoms with Crippen molar-refractivity contribution in [3.63, 3.8) is 0 Å². The molecule has 0 saturated carbocycles. The predicted molar refractivity (Wildman–Crippen MR) is 125 cm³/mol.